The van der Waals surface area contributed by atoms with Crippen molar-refractivity contribution in [1.82, 2.24) is 9.97 Å². The van der Waals surface area contributed by atoms with Crippen molar-refractivity contribution >= 4 is 15.9 Å². The van der Waals surface area contributed by atoms with E-state index in [1.165, 1.54) is 0 Å². The molecule has 0 atom stereocenters. The Kier molecular flexibility index (Phi) is 4.09. The molecule has 0 aromatic carbocycles. The van der Waals surface area contributed by atoms with Crippen molar-refractivity contribution in [3.05, 3.63) is 20.7 Å². The van der Waals surface area contributed by atoms with Crippen LogP contribution in [0.4, 0.5) is 0 Å². The molecule has 0 aliphatic carbocycles. The minimum Gasteiger partial charge on any atom is -0.492 e. The van der Waals surface area contributed by atoms with Gasteiger partial charge in [0.05, 0.1) is 0 Å². The van der Waals surface area contributed by atoms with Gasteiger partial charge in [0.25, 0.3) is 5.56 Å². The van der Waals surface area contributed by atoms with Gasteiger partial charge in [-0.1, -0.05) is 13.8 Å². The molecule has 0 saturated heterocycles. The molecule has 0 amide bonds. The number of hydrogen-bond acceptors (Lipinski definition) is 4. The molecule has 1 aromatic rings. The summed E-state index contributed by atoms with van der Waals surface area (Å²) >= 11 is 2.95. The molecule has 6 heteroatoms. The van der Waals surface area contributed by atoms with Gasteiger partial charge in [0.2, 0.25) is 5.88 Å². The molecule has 0 unspecified atom stereocenters. The van der Waals surface area contributed by atoms with Gasteiger partial charge >= 0.3 is 0 Å². The molecular weight excluding hydrogens is 276 g/mol. The van der Waals surface area contributed by atoms with Gasteiger partial charge in [-0.05, 0) is 28.8 Å². The van der Waals surface area contributed by atoms with Gasteiger partial charge in [-0.3, -0.25) is 4.79 Å². The highest BCUT2D eigenvalue weighted by molar-refractivity contribution is 9.10. The second-order valence-corrected chi connectivity index (χ2v) is 4.25. The molecule has 0 bridgehead atoms. The molecule has 1 rings (SSSR count). The number of hydrogen-bond donors (Lipinski definition) is 2. The topological polar surface area (TPSA) is 75.2 Å². The number of aromatic amines is 1. The van der Waals surface area contributed by atoms with Crippen LogP contribution in [0.5, 0.6) is 5.88 Å². The summed E-state index contributed by atoms with van der Waals surface area (Å²) in [6.45, 7) is 3.87. The normalized spacial score (nSPS) is 11.8. The fourth-order valence-corrected chi connectivity index (χ4v) is 1.82. The standard InChI is InChI=1S/C10H15BrN2O3/c1-4-10(5-2,16-3)9-12-7(14)6(11)8(15)13-9/h4-5H2,1-3H3,(H2,12,13,14,15). The average Bonchev–Trinajstić information content (AvgIpc) is 2.29. The van der Waals surface area contributed by atoms with Crippen molar-refractivity contribution < 1.29 is 9.84 Å². The van der Waals surface area contributed by atoms with E-state index in [4.69, 9.17) is 4.74 Å². The molecule has 2 N–H and O–H groups in total. The summed E-state index contributed by atoms with van der Waals surface area (Å²) in [7, 11) is 1.56. The van der Waals surface area contributed by atoms with Gasteiger partial charge in [0, 0.05) is 7.11 Å². The van der Waals surface area contributed by atoms with Crippen LogP contribution in [-0.4, -0.2) is 22.2 Å². The summed E-state index contributed by atoms with van der Waals surface area (Å²) < 4.78 is 5.45. The number of halogens is 1. The fraction of sp³-hybridized carbons (Fsp3) is 0.600. The van der Waals surface area contributed by atoms with Crippen molar-refractivity contribution in [1.29, 1.82) is 0 Å². The van der Waals surface area contributed by atoms with Crippen LogP contribution in [-0.2, 0) is 10.3 Å². The lowest BCUT2D eigenvalue weighted by molar-refractivity contribution is -0.0297. The molecule has 0 spiro atoms. The Labute approximate surface area is 102 Å². The van der Waals surface area contributed by atoms with E-state index in [0.29, 0.717) is 18.7 Å². The quantitative estimate of drug-likeness (QED) is 0.888. The number of aromatic hydroxyl groups is 1. The first-order valence-corrected chi connectivity index (χ1v) is 5.84. The number of rotatable bonds is 4. The summed E-state index contributed by atoms with van der Waals surface area (Å²) in [5, 5.41) is 9.50. The van der Waals surface area contributed by atoms with Crippen LogP contribution in [0.15, 0.2) is 9.27 Å². The number of ether oxygens (including phenoxy) is 1. The lowest BCUT2D eigenvalue weighted by Gasteiger charge is -2.28. The van der Waals surface area contributed by atoms with Gasteiger partial charge in [0.15, 0.2) is 0 Å². The molecule has 0 fully saturated rings. The van der Waals surface area contributed by atoms with Crippen LogP contribution in [0.3, 0.4) is 0 Å². The van der Waals surface area contributed by atoms with Crippen molar-refractivity contribution in [2.24, 2.45) is 0 Å². The predicted octanol–water partition coefficient (Wildman–Crippen LogP) is 1.90. The SMILES string of the molecule is CCC(CC)(OC)c1nc(O)c(Br)c(=O)[nH]1. The number of nitrogens with one attached hydrogen (secondary N) is 1. The van der Waals surface area contributed by atoms with Crippen LogP contribution in [0.25, 0.3) is 0 Å². The summed E-state index contributed by atoms with van der Waals surface area (Å²) in [4.78, 5) is 18.1. The monoisotopic (exact) mass is 290 g/mol. The Balaban J connectivity index is 3.37. The molecule has 90 valence electrons. The minimum absolute atomic E-state index is 0.0356. The van der Waals surface area contributed by atoms with E-state index in [-0.39, 0.29) is 10.4 Å². The van der Waals surface area contributed by atoms with Gasteiger partial charge < -0.3 is 14.8 Å². The Bertz CT molecular complexity index is 418. The van der Waals surface area contributed by atoms with E-state index in [1.54, 1.807) is 7.11 Å². The number of nitrogens with zero attached hydrogens (tertiary/aromatic N) is 1. The molecule has 1 heterocycles. The predicted molar refractivity (Wildman–Crippen MR) is 63.5 cm³/mol. The van der Waals surface area contributed by atoms with Gasteiger partial charge in [-0.25, -0.2) is 0 Å². The van der Waals surface area contributed by atoms with E-state index in [0.717, 1.165) is 0 Å². The Morgan fingerprint density at radius 3 is 2.44 bits per heavy atom. The van der Waals surface area contributed by atoms with Crippen LogP contribution in [0.1, 0.15) is 32.5 Å². The smallest absolute Gasteiger partial charge is 0.269 e. The third-order valence-corrected chi connectivity index (χ3v) is 3.52. The molecule has 0 aliphatic heterocycles. The first kappa shape index (κ1) is 13.2. The van der Waals surface area contributed by atoms with Gasteiger partial charge in [0.1, 0.15) is 15.9 Å². The van der Waals surface area contributed by atoms with E-state index >= 15 is 0 Å². The molecule has 0 aliphatic rings. The minimum atomic E-state index is -0.655. The highest BCUT2D eigenvalue weighted by atomic mass is 79.9. The van der Waals surface area contributed by atoms with Crippen molar-refractivity contribution in [3.63, 3.8) is 0 Å². The highest BCUT2D eigenvalue weighted by Crippen LogP contribution is 2.30. The average molecular weight is 291 g/mol. The highest BCUT2D eigenvalue weighted by Gasteiger charge is 2.31. The maximum absolute atomic E-state index is 11.5. The largest absolute Gasteiger partial charge is 0.492 e. The van der Waals surface area contributed by atoms with Gasteiger partial charge in [-0.15, -0.1) is 0 Å². The van der Waals surface area contributed by atoms with E-state index in [1.807, 2.05) is 13.8 Å². The van der Waals surface area contributed by atoms with Crippen molar-refractivity contribution in [3.8, 4) is 5.88 Å². The third kappa shape index (κ3) is 2.12. The maximum Gasteiger partial charge on any atom is 0.269 e. The van der Waals surface area contributed by atoms with Crippen LogP contribution in [0, 0.1) is 0 Å². The molecule has 0 saturated carbocycles. The number of H-pyrrole nitrogens is 1. The second kappa shape index (κ2) is 4.97. The zero-order chi connectivity index (χ0) is 12.3. The zero-order valence-corrected chi connectivity index (χ0v) is 11.1. The van der Waals surface area contributed by atoms with Crippen LogP contribution in [0.2, 0.25) is 0 Å². The molecular formula is C10H15BrN2O3. The van der Waals surface area contributed by atoms with Crippen molar-refractivity contribution in [2.75, 3.05) is 7.11 Å². The molecule has 16 heavy (non-hydrogen) atoms. The molecule has 1 aromatic heterocycles. The molecule has 5 nitrogen and oxygen atoms in total. The Hall–Kier alpha value is -0.880. The van der Waals surface area contributed by atoms with Crippen LogP contribution < -0.4 is 5.56 Å². The van der Waals surface area contributed by atoms with Gasteiger partial charge in [-0.2, -0.15) is 4.98 Å². The van der Waals surface area contributed by atoms with E-state index in [9.17, 15) is 9.90 Å². The van der Waals surface area contributed by atoms with E-state index < -0.39 is 11.2 Å². The third-order valence-electron chi connectivity index (χ3n) is 2.81. The fourth-order valence-electron chi connectivity index (χ4n) is 1.63. The van der Waals surface area contributed by atoms with Crippen molar-refractivity contribution in [2.45, 2.75) is 32.3 Å². The lowest BCUT2D eigenvalue weighted by Crippen LogP contribution is -2.32. The summed E-state index contributed by atoms with van der Waals surface area (Å²) in [5.74, 6) is 0.0350. The lowest BCUT2D eigenvalue weighted by atomic mass is 9.96. The number of aromatic nitrogens is 2. The Morgan fingerprint density at radius 2 is 2.06 bits per heavy atom. The molecule has 0 radical (unpaired) electrons. The second-order valence-electron chi connectivity index (χ2n) is 3.46. The first-order valence-electron chi connectivity index (χ1n) is 5.05. The zero-order valence-electron chi connectivity index (χ0n) is 9.50. The summed E-state index contributed by atoms with van der Waals surface area (Å²) in [5.41, 5.74) is -1.07. The number of methoxy groups -OCH3 is 1. The maximum atomic E-state index is 11.5. The van der Waals surface area contributed by atoms with Crippen LogP contribution >= 0.6 is 15.9 Å². The summed E-state index contributed by atoms with van der Waals surface area (Å²) in [6, 6.07) is 0. The first-order chi connectivity index (χ1) is 7.50. The summed E-state index contributed by atoms with van der Waals surface area (Å²) in [6.07, 6.45) is 1.31. The van der Waals surface area contributed by atoms with E-state index in [2.05, 4.69) is 25.9 Å². The Morgan fingerprint density at radius 1 is 1.50 bits per heavy atom.